The molecule has 0 aliphatic rings. The first-order valence-electron chi connectivity index (χ1n) is 6.86. The van der Waals surface area contributed by atoms with Crippen molar-refractivity contribution in [3.63, 3.8) is 0 Å². The normalized spacial score (nSPS) is 11.1. The molecule has 6 nitrogen and oxygen atoms in total. The summed E-state index contributed by atoms with van der Waals surface area (Å²) >= 11 is 0. The summed E-state index contributed by atoms with van der Waals surface area (Å²) in [6.45, 7) is 1.95. The molecule has 0 saturated carbocycles. The van der Waals surface area contributed by atoms with Gasteiger partial charge in [0.05, 0.1) is 17.2 Å². The van der Waals surface area contributed by atoms with Crippen molar-refractivity contribution in [3.8, 4) is 0 Å². The Bertz CT molecular complexity index is 1010. The number of H-pyrrole nitrogens is 1. The minimum atomic E-state index is -1.21. The maximum atomic E-state index is 12.2. The number of pyridine rings is 1. The molecular formula is C16H13NO5. The maximum Gasteiger partial charge on any atom is 0.352 e. The van der Waals surface area contributed by atoms with Gasteiger partial charge in [0.1, 0.15) is 11.3 Å². The van der Waals surface area contributed by atoms with Crippen LogP contribution in [0.5, 0.6) is 0 Å². The Labute approximate surface area is 124 Å². The van der Waals surface area contributed by atoms with Crippen LogP contribution in [0.25, 0.3) is 21.9 Å². The average molecular weight is 299 g/mol. The summed E-state index contributed by atoms with van der Waals surface area (Å²) in [5, 5.41) is 9.72. The van der Waals surface area contributed by atoms with E-state index in [1.807, 2.05) is 6.92 Å². The molecule has 2 N–H and O–H groups in total. The number of aryl methyl sites for hydroxylation is 1. The molecule has 0 saturated heterocycles. The second-order valence-corrected chi connectivity index (χ2v) is 5.04. The molecule has 0 atom stereocenters. The largest absolute Gasteiger partial charge is 0.477 e. The molecule has 0 amide bonds. The van der Waals surface area contributed by atoms with Crippen LogP contribution >= 0.6 is 0 Å². The predicted molar refractivity (Wildman–Crippen MR) is 81.6 cm³/mol. The summed E-state index contributed by atoms with van der Waals surface area (Å²) in [6.07, 6.45) is 2.61. The van der Waals surface area contributed by atoms with Gasteiger partial charge in [-0.3, -0.25) is 9.59 Å². The summed E-state index contributed by atoms with van der Waals surface area (Å²) in [4.78, 5) is 38.1. The number of aromatic carboxylic acids is 1. The van der Waals surface area contributed by atoms with Gasteiger partial charge in [0.25, 0.3) is 0 Å². The number of nitrogens with one attached hydrogen (secondary N) is 1. The highest BCUT2D eigenvalue weighted by Gasteiger charge is 2.16. The molecule has 0 bridgehead atoms. The molecule has 0 aliphatic heterocycles. The second kappa shape index (κ2) is 5.14. The minimum absolute atomic E-state index is 0.188. The molecule has 0 spiro atoms. The van der Waals surface area contributed by atoms with Gasteiger partial charge in [0.2, 0.25) is 0 Å². The quantitative estimate of drug-likeness (QED) is 0.723. The number of carboxylic acid groups (broad SMARTS) is 1. The maximum absolute atomic E-state index is 12.2. The fraction of sp³-hybridized carbons (Fsp3) is 0.188. The van der Waals surface area contributed by atoms with E-state index in [1.54, 1.807) is 0 Å². The average Bonchev–Trinajstić information content (AvgIpc) is 2.48. The monoisotopic (exact) mass is 299 g/mol. The topological polar surface area (TPSA) is 100 Å². The summed E-state index contributed by atoms with van der Waals surface area (Å²) in [7, 11) is 0. The lowest BCUT2D eigenvalue weighted by Gasteiger charge is -2.09. The van der Waals surface area contributed by atoms with Crippen molar-refractivity contribution in [3.05, 3.63) is 56.2 Å². The van der Waals surface area contributed by atoms with Gasteiger partial charge in [-0.2, -0.15) is 0 Å². The van der Waals surface area contributed by atoms with E-state index in [0.29, 0.717) is 33.9 Å². The lowest BCUT2D eigenvalue weighted by Crippen LogP contribution is -2.12. The molecule has 112 valence electrons. The van der Waals surface area contributed by atoms with Crippen LogP contribution in [0.4, 0.5) is 0 Å². The van der Waals surface area contributed by atoms with E-state index in [2.05, 4.69) is 4.98 Å². The first-order chi connectivity index (χ1) is 10.5. The standard InChI is InChI=1S/C16H13NO5/c1-2-3-8-14-9(13(19)7-11(17-14)16(20)21)6-10-12(18)4-5-22-15(8)10/h4-7H,2-3H2,1H3,(H,17,19)(H,20,21). The van der Waals surface area contributed by atoms with Crippen molar-refractivity contribution < 1.29 is 14.3 Å². The third-order valence-electron chi connectivity index (χ3n) is 3.58. The number of carboxylic acids is 1. The van der Waals surface area contributed by atoms with Crippen molar-refractivity contribution in [2.75, 3.05) is 0 Å². The van der Waals surface area contributed by atoms with Crippen LogP contribution in [0.15, 0.2) is 38.5 Å². The number of hydrogen-bond acceptors (Lipinski definition) is 4. The smallest absolute Gasteiger partial charge is 0.352 e. The number of benzene rings is 1. The van der Waals surface area contributed by atoms with Crippen LogP contribution in [-0.4, -0.2) is 16.1 Å². The first kappa shape index (κ1) is 14.1. The van der Waals surface area contributed by atoms with Gasteiger partial charge in [-0.25, -0.2) is 4.79 Å². The van der Waals surface area contributed by atoms with Gasteiger partial charge in [0.15, 0.2) is 10.9 Å². The molecule has 0 fully saturated rings. The molecule has 0 aliphatic carbocycles. The zero-order valence-corrected chi connectivity index (χ0v) is 11.8. The number of aromatic amines is 1. The van der Waals surface area contributed by atoms with Gasteiger partial charge in [0, 0.05) is 23.1 Å². The van der Waals surface area contributed by atoms with E-state index in [0.717, 1.165) is 12.5 Å². The van der Waals surface area contributed by atoms with Crippen LogP contribution < -0.4 is 10.9 Å². The molecule has 0 unspecified atom stereocenters. The number of fused-ring (bicyclic) bond motifs is 2. The van der Waals surface area contributed by atoms with Crippen molar-refractivity contribution in [1.29, 1.82) is 0 Å². The Morgan fingerprint density at radius 3 is 2.68 bits per heavy atom. The summed E-state index contributed by atoms with van der Waals surface area (Å²) in [5.41, 5.74) is 0.588. The van der Waals surface area contributed by atoms with Crippen molar-refractivity contribution in [1.82, 2.24) is 4.98 Å². The van der Waals surface area contributed by atoms with E-state index in [-0.39, 0.29) is 11.1 Å². The van der Waals surface area contributed by atoms with Gasteiger partial charge < -0.3 is 14.5 Å². The lowest BCUT2D eigenvalue weighted by atomic mass is 10.0. The number of rotatable bonds is 3. The van der Waals surface area contributed by atoms with E-state index < -0.39 is 11.4 Å². The summed E-state index contributed by atoms with van der Waals surface area (Å²) in [5.74, 6) is -1.21. The van der Waals surface area contributed by atoms with E-state index in [1.165, 1.54) is 18.4 Å². The SMILES string of the molecule is CCCc1c2[nH]c(C(=O)O)cc(=O)c2cc2c(=O)ccoc12. The molecule has 6 heteroatoms. The van der Waals surface area contributed by atoms with E-state index >= 15 is 0 Å². The van der Waals surface area contributed by atoms with E-state index in [9.17, 15) is 14.4 Å². The number of hydrogen-bond donors (Lipinski definition) is 2. The third-order valence-corrected chi connectivity index (χ3v) is 3.58. The van der Waals surface area contributed by atoms with Gasteiger partial charge in [-0.15, -0.1) is 0 Å². The van der Waals surface area contributed by atoms with Crippen LogP contribution in [0, 0.1) is 0 Å². The van der Waals surface area contributed by atoms with Crippen molar-refractivity contribution in [2.45, 2.75) is 19.8 Å². The Hall–Kier alpha value is -2.89. The fourth-order valence-corrected chi connectivity index (χ4v) is 2.61. The molecule has 1 aromatic carbocycles. The van der Waals surface area contributed by atoms with Crippen LogP contribution in [-0.2, 0) is 6.42 Å². The number of aromatic nitrogens is 1. The predicted octanol–water partition coefficient (Wildman–Crippen LogP) is 2.29. The van der Waals surface area contributed by atoms with Crippen LogP contribution in [0.1, 0.15) is 29.4 Å². The Morgan fingerprint density at radius 1 is 1.23 bits per heavy atom. The molecule has 3 aromatic rings. The van der Waals surface area contributed by atoms with Crippen molar-refractivity contribution >= 4 is 27.8 Å². The Morgan fingerprint density at radius 2 is 2.00 bits per heavy atom. The number of carbonyl (C=O) groups is 1. The van der Waals surface area contributed by atoms with Gasteiger partial charge in [-0.1, -0.05) is 13.3 Å². The highest BCUT2D eigenvalue weighted by molar-refractivity contribution is 5.99. The Balaban J connectivity index is 2.57. The molecular weight excluding hydrogens is 286 g/mol. The van der Waals surface area contributed by atoms with Crippen molar-refractivity contribution in [2.24, 2.45) is 0 Å². The lowest BCUT2D eigenvalue weighted by molar-refractivity contribution is 0.0691. The molecule has 2 heterocycles. The van der Waals surface area contributed by atoms with E-state index in [4.69, 9.17) is 9.52 Å². The second-order valence-electron chi connectivity index (χ2n) is 5.04. The molecule has 22 heavy (non-hydrogen) atoms. The Kier molecular flexibility index (Phi) is 3.29. The highest BCUT2D eigenvalue weighted by atomic mass is 16.4. The first-order valence-corrected chi connectivity index (χ1v) is 6.86. The minimum Gasteiger partial charge on any atom is -0.477 e. The van der Waals surface area contributed by atoms with Gasteiger partial charge in [-0.05, 0) is 12.5 Å². The van der Waals surface area contributed by atoms with Crippen LogP contribution in [0.3, 0.4) is 0 Å². The highest BCUT2D eigenvalue weighted by Crippen LogP contribution is 2.25. The zero-order valence-electron chi connectivity index (χ0n) is 11.8. The zero-order chi connectivity index (χ0) is 15.9. The van der Waals surface area contributed by atoms with Crippen LogP contribution in [0.2, 0.25) is 0 Å². The molecule has 3 rings (SSSR count). The summed E-state index contributed by atoms with van der Waals surface area (Å²) < 4.78 is 5.46. The van der Waals surface area contributed by atoms with Gasteiger partial charge >= 0.3 is 5.97 Å². The molecule has 2 aromatic heterocycles. The third kappa shape index (κ3) is 2.09. The fourth-order valence-electron chi connectivity index (χ4n) is 2.61. The summed E-state index contributed by atoms with van der Waals surface area (Å²) in [6, 6.07) is 3.78. The molecule has 0 radical (unpaired) electrons.